The minimum absolute atomic E-state index is 0.249. The Balaban J connectivity index is 2.04. The third-order valence-corrected chi connectivity index (χ3v) is 4.64. The Bertz CT molecular complexity index is 415. The number of Topliss-reactive ketones (excluding diaryl/α,β-unsaturated/α-hetero) is 1. The molecule has 0 radical (unpaired) electrons. The number of carbonyl (C=O) groups is 1. The second-order valence-electron chi connectivity index (χ2n) is 5.09. The van der Waals surface area contributed by atoms with Crippen molar-refractivity contribution < 1.29 is 4.79 Å². The van der Waals surface area contributed by atoms with Gasteiger partial charge in [0.1, 0.15) is 0 Å². The SMILES string of the molecule is CCC1CCC(C)N1CC(=O)c1ccc(I)cc1. The van der Waals surface area contributed by atoms with Crippen LogP contribution in [0.5, 0.6) is 0 Å². The molecule has 1 saturated heterocycles. The summed E-state index contributed by atoms with van der Waals surface area (Å²) >= 11 is 2.26. The molecule has 0 saturated carbocycles. The number of hydrogen-bond donors (Lipinski definition) is 0. The molecule has 0 bridgehead atoms. The van der Waals surface area contributed by atoms with Crippen molar-refractivity contribution in [3.63, 3.8) is 0 Å². The molecule has 0 N–H and O–H groups in total. The van der Waals surface area contributed by atoms with Gasteiger partial charge >= 0.3 is 0 Å². The number of carbonyl (C=O) groups excluding carboxylic acids is 1. The van der Waals surface area contributed by atoms with Crippen LogP contribution < -0.4 is 0 Å². The largest absolute Gasteiger partial charge is 0.293 e. The first-order chi connectivity index (χ1) is 8.61. The molecular weight excluding hydrogens is 337 g/mol. The number of nitrogens with zero attached hydrogens (tertiary/aromatic N) is 1. The Kier molecular flexibility index (Phi) is 4.78. The molecule has 1 aliphatic rings. The molecule has 3 heteroatoms. The van der Waals surface area contributed by atoms with Crippen LogP contribution in [0.2, 0.25) is 0 Å². The van der Waals surface area contributed by atoms with Gasteiger partial charge < -0.3 is 0 Å². The standard InChI is InChI=1S/C15H20INO/c1-3-14-9-4-11(2)17(14)10-15(18)12-5-7-13(16)8-6-12/h5-8,11,14H,3-4,9-10H2,1-2H3. The summed E-state index contributed by atoms with van der Waals surface area (Å²) in [7, 11) is 0. The van der Waals surface area contributed by atoms with Gasteiger partial charge in [-0.3, -0.25) is 9.69 Å². The highest BCUT2D eigenvalue weighted by molar-refractivity contribution is 14.1. The molecule has 0 aromatic heterocycles. The first kappa shape index (κ1) is 14.0. The minimum Gasteiger partial charge on any atom is -0.293 e. The normalized spacial score (nSPS) is 24.4. The summed E-state index contributed by atoms with van der Waals surface area (Å²) < 4.78 is 1.17. The number of benzene rings is 1. The van der Waals surface area contributed by atoms with Crippen LogP contribution in [-0.4, -0.2) is 29.3 Å². The summed E-state index contributed by atoms with van der Waals surface area (Å²) in [6.45, 7) is 5.02. The van der Waals surface area contributed by atoms with Crippen molar-refractivity contribution in [3.8, 4) is 0 Å². The van der Waals surface area contributed by atoms with E-state index in [2.05, 4.69) is 41.3 Å². The maximum atomic E-state index is 12.3. The van der Waals surface area contributed by atoms with Crippen LogP contribution in [0.4, 0.5) is 0 Å². The Hall–Kier alpha value is -0.420. The van der Waals surface area contributed by atoms with Gasteiger partial charge in [-0.05, 0) is 60.9 Å². The number of halogens is 1. The molecule has 0 amide bonds. The van der Waals surface area contributed by atoms with Crippen LogP contribution >= 0.6 is 22.6 Å². The average Bonchev–Trinajstić information content (AvgIpc) is 2.71. The average molecular weight is 357 g/mol. The molecule has 2 nitrogen and oxygen atoms in total. The summed E-state index contributed by atoms with van der Waals surface area (Å²) in [5.41, 5.74) is 0.837. The molecule has 1 aromatic carbocycles. The fourth-order valence-electron chi connectivity index (χ4n) is 2.74. The number of likely N-dealkylation sites (tertiary alicyclic amines) is 1. The van der Waals surface area contributed by atoms with E-state index in [1.54, 1.807) is 0 Å². The van der Waals surface area contributed by atoms with Crippen molar-refractivity contribution in [2.24, 2.45) is 0 Å². The molecule has 0 aliphatic carbocycles. The van der Waals surface area contributed by atoms with E-state index in [4.69, 9.17) is 0 Å². The summed E-state index contributed by atoms with van der Waals surface area (Å²) in [6, 6.07) is 9.00. The summed E-state index contributed by atoms with van der Waals surface area (Å²) in [4.78, 5) is 14.7. The zero-order chi connectivity index (χ0) is 13.1. The Morgan fingerprint density at radius 1 is 1.33 bits per heavy atom. The zero-order valence-corrected chi connectivity index (χ0v) is 13.2. The highest BCUT2D eigenvalue weighted by Crippen LogP contribution is 2.26. The monoisotopic (exact) mass is 357 g/mol. The minimum atomic E-state index is 0.249. The summed E-state index contributed by atoms with van der Waals surface area (Å²) in [5.74, 6) is 0.249. The topological polar surface area (TPSA) is 20.3 Å². The van der Waals surface area contributed by atoms with Crippen LogP contribution in [0, 0.1) is 3.57 Å². The van der Waals surface area contributed by atoms with E-state index in [-0.39, 0.29) is 5.78 Å². The van der Waals surface area contributed by atoms with E-state index in [0.717, 1.165) is 12.0 Å². The van der Waals surface area contributed by atoms with E-state index in [0.29, 0.717) is 18.6 Å². The molecule has 1 heterocycles. The van der Waals surface area contributed by atoms with Gasteiger partial charge in [-0.1, -0.05) is 19.1 Å². The van der Waals surface area contributed by atoms with Crippen LogP contribution in [0.3, 0.4) is 0 Å². The zero-order valence-electron chi connectivity index (χ0n) is 11.0. The van der Waals surface area contributed by atoms with E-state index in [1.165, 1.54) is 16.4 Å². The first-order valence-corrected chi connectivity index (χ1v) is 7.74. The first-order valence-electron chi connectivity index (χ1n) is 6.66. The molecule has 2 unspecified atom stereocenters. The quantitative estimate of drug-likeness (QED) is 0.605. The molecule has 1 aromatic rings. The number of rotatable bonds is 4. The van der Waals surface area contributed by atoms with E-state index < -0.39 is 0 Å². The van der Waals surface area contributed by atoms with Gasteiger partial charge in [0.15, 0.2) is 5.78 Å². The Labute approximate surface area is 123 Å². The third-order valence-electron chi connectivity index (χ3n) is 3.92. The van der Waals surface area contributed by atoms with Gasteiger partial charge in [0, 0.05) is 21.2 Å². The lowest BCUT2D eigenvalue weighted by Crippen LogP contribution is -2.38. The Morgan fingerprint density at radius 2 is 2.00 bits per heavy atom. The molecule has 2 atom stereocenters. The molecule has 1 aliphatic heterocycles. The smallest absolute Gasteiger partial charge is 0.176 e. The number of ketones is 1. The fourth-order valence-corrected chi connectivity index (χ4v) is 3.10. The van der Waals surface area contributed by atoms with E-state index >= 15 is 0 Å². The lowest BCUT2D eigenvalue weighted by atomic mass is 10.1. The van der Waals surface area contributed by atoms with Crippen molar-refractivity contribution in [1.29, 1.82) is 0 Å². The van der Waals surface area contributed by atoms with Gasteiger partial charge in [0.05, 0.1) is 6.54 Å². The van der Waals surface area contributed by atoms with E-state index in [1.807, 2.05) is 24.3 Å². The third kappa shape index (κ3) is 3.12. The molecule has 0 spiro atoms. The molecule has 98 valence electrons. The maximum absolute atomic E-state index is 12.3. The van der Waals surface area contributed by atoms with Crippen molar-refractivity contribution in [2.45, 2.75) is 45.2 Å². The summed E-state index contributed by atoms with van der Waals surface area (Å²) in [6.07, 6.45) is 3.60. The maximum Gasteiger partial charge on any atom is 0.176 e. The van der Waals surface area contributed by atoms with Gasteiger partial charge in [0.25, 0.3) is 0 Å². The molecular formula is C15H20INO. The summed E-state index contributed by atoms with van der Waals surface area (Å²) in [5, 5.41) is 0. The predicted molar refractivity (Wildman–Crippen MR) is 83.0 cm³/mol. The second kappa shape index (κ2) is 6.15. The highest BCUT2D eigenvalue weighted by Gasteiger charge is 2.30. The van der Waals surface area contributed by atoms with Gasteiger partial charge in [-0.2, -0.15) is 0 Å². The van der Waals surface area contributed by atoms with Gasteiger partial charge in [0.2, 0.25) is 0 Å². The van der Waals surface area contributed by atoms with Crippen LogP contribution in [0.1, 0.15) is 43.5 Å². The van der Waals surface area contributed by atoms with Gasteiger partial charge in [-0.15, -0.1) is 0 Å². The van der Waals surface area contributed by atoms with Crippen molar-refractivity contribution in [2.75, 3.05) is 6.54 Å². The molecule has 1 fully saturated rings. The van der Waals surface area contributed by atoms with Crippen LogP contribution in [0.25, 0.3) is 0 Å². The van der Waals surface area contributed by atoms with Crippen molar-refractivity contribution in [1.82, 2.24) is 4.90 Å². The fraction of sp³-hybridized carbons (Fsp3) is 0.533. The highest BCUT2D eigenvalue weighted by atomic mass is 127. The van der Waals surface area contributed by atoms with Crippen LogP contribution in [0.15, 0.2) is 24.3 Å². The predicted octanol–water partition coefficient (Wildman–Crippen LogP) is 3.74. The Morgan fingerprint density at radius 3 is 2.61 bits per heavy atom. The van der Waals surface area contributed by atoms with Crippen molar-refractivity contribution in [3.05, 3.63) is 33.4 Å². The lowest BCUT2D eigenvalue weighted by Gasteiger charge is -2.26. The molecule has 2 rings (SSSR count). The molecule has 18 heavy (non-hydrogen) atoms. The lowest BCUT2D eigenvalue weighted by molar-refractivity contribution is 0.0889. The second-order valence-corrected chi connectivity index (χ2v) is 6.34. The van der Waals surface area contributed by atoms with Crippen molar-refractivity contribution >= 4 is 28.4 Å². The van der Waals surface area contributed by atoms with E-state index in [9.17, 15) is 4.79 Å². The van der Waals surface area contributed by atoms with Gasteiger partial charge in [-0.25, -0.2) is 0 Å². The van der Waals surface area contributed by atoms with Crippen LogP contribution in [-0.2, 0) is 0 Å². The number of hydrogen-bond acceptors (Lipinski definition) is 2.